The van der Waals surface area contributed by atoms with Crippen molar-refractivity contribution in [2.45, 2.75) is 6.54 Å². The van der Waals surface area contributed by atoms with E-state index in [1.54, 1.807) is 12.6 Å². The van der Waals surface area contributed by atoms with E-state index in [9.17, 15) is 4.79 Å². The summed E-state index contributed by atoms with van der Waals surface area (Å²) in [5.41, 5.74) is 3.67. The fourth-order valence-corrected chi connectivity index (χ4v) is 3.72. The summed E-state index contributed by atoms with van der Waals surface area (Å²) >= 11 is 1.50. The molecule has 23 heavy (non-hydrogen) atoms. The molecule has 0 aliphatic carbocycles. The van der Waals surface area contributed by atoms with Gasteiger partial charge >= 0.3 is 0 Å². The van der Waals surface area contributed by atoms with Crippen molar-refractivity contribution in [3.05, 3.63) is 70.0 Å². The van der Waals surface area contributed by atoms with Gasteiger partial charge in [0.1, 0.15) is 10.6 Å². The Morgan fingerprint density at radius 1 is 1.13 bits per heavy atom. The van der Waals surface area contributed by atoms with Gasteiger partial charge in [-0.15, -0.1) is 11.3 Å². The Balaban J connectivity index is 1.93. The highest BCUT2D eigenvalue weighted by Crippen LogP contribution is 2.29. The van der Waals surface area contributed by atoms with Gasteiger partial charge in [0, 0.05) is 11.9 Å². The number of fused-ring (bicyclic) bond motifs is 3. The van der Waals surface area contributed by atoms with Crippen molar-refractivity contribution in [2.24, 2.45) is 0 Å². The van der Waals surface area contributed by atoms with Crippen LogP contribution >= 0.6 is 11.3 Å². The van der Waals surface area contributed by atoms with E-state index in [0.29, 0.717) is 11.9 Å². The van der Waals surface area contributed by atoms with Crippen LogP contribution < -0.4 is 10.3 Å². The molecule has 114 valence electrons. The quantitative estimate of drug-likeness (QED) is 0.578. The minimum absolute atomic E-state index is 0.163. The number of methoxy groups -OCH3 is 1. The molecule has 0 unspecified atom stereocenters. The monoisotopic (exact) mass is 322 g/mol. The number of aromatic nitrogens is 2. The minimum Gasteiger partial charge on any atom is -0.497 e. The maximum absolute atomic E-state index is 12.2. The zero-order valence-corrected chi connectivity index (χ0v) is 13.3. The molecular formula is C18H14N2O2S. The van der Waals surface area contributed by atoms with Crippen LogP contribution in [-0.2, 0) is 6.54 Å². The molecule has 0 bridgehead atoms. The second-order valence-electron chi connectivity index (χ2n) is 5.29. The number of hydrogen-bond acceptors (Lipinski definition) is 4. The van der Waals surface area contributed by atoms with E-state index in [1.165, 1.54) is 11.3 Å². The number of benzene rings is 2. The number of hydrogen-bond donors (Lipinski definition) is 0. The third-order valence-corrected chi connectivity index (χ3v) is 4.83. The summed E-state index contributed by atoms with van der Waals surface area (Å²) in [6.45, 7) is 0.702. The third-order valence-electron chi connectivity index (χ3n) is 3.97. The summed E-state index contributed by atoms with van der Waals surface area (Å²) in [5.74, 6) is 0.838. The average molecular weight is 322 g/mol. The van der Waals surface area contributed by atoms with Crippen LogP contribution in [0.5, 0.6) is 5.75 Å². The van der Waals surface area contributed by atoms with Crippen molar-refractivity contribution >= 4 is 32.5 Å². The summed E-state index contributed by atoms with van der Waals surface area (Å²) in [4.78, 5) is 17.1. The molecule has 4 rings (SSSR count). The van der Waals surface area contributed by atoms with Gasteiger partial charge in [-0.05, 0) is 23.8 Å². The van der Waals surface area contributed by atoms with Gasteiger partial charge in [0.15, 0.2) is 0 Å². The maximum Gasteiger partial charge on any atom is 0.281 e. The molecule has 0 spiro atoms. The predicted molar refractivity (Wildman–Crippen MR) is 93.5 cm³/mol. The molecule has 0 atom stereocenters. The van der Waals surface area contributed by atoms with E-state index >= 15 is 0 Å². The van der Waals surface area contributed by atoms with Crippen LogP contribution in [0.25, 0.3) is 21.1 Å². The normalized spacial score (nSPS) is 11.2. The van der Waals surface area contributed by atoms with Crippen molar-refractivity contribution in [1.82, 2.24) is 9.55 Å². The molecule has 0 N–H and O–H groups in total. The lowest BCUT2D eigenvalue weighted by molar-refractivity contribution is 0.414. The molecule has 0 radical (unpaired) electrons. The number of para-hydroxylation sites is 1. The summed E-state index contributed by atoms with van der Waals surface area (Å²) in [5, 5.41) is 1.67. The van der Waals surface area contributed by atoms with Crippen LogP contribution in [0, 0.1) is 0 Å². The first-order valence-electron chi connectivity index (χ1n) is 7.25. The predicted octanol–water partition coefficient (Wildman–Crippen LogP) is 3.67. The van der Waals surface area contributed by atoms with Crippen LogP contribution in [0.15, 0.2) is 58.8 Å². The van der Waals surface area contributed by atoms with Crippen molar-refractivity contribution in [3.8, 4) is 5.75 Å². The minimum atomic E-state index is -0.163. The molecule has 4 nitrogen and oxygen atoms in total. The molecule has 0 fully saturated rings. The molecule has 0 aliphatic heterocycles. The Kier molecular flexibility index (Phi) is 3.35. The Hall–Kier alpha value is -2.66. The van der Waals surface area contributed by atoms with E-state index < -0.39 is 0 Å². The zero-order chi connectivity index (χ0) is 15.8. The number of ether oxygens (including phenoxy) is 1. The van der Waals surface area contributed by atoms with Crippen LogP contribution in [0.3, 0.4) is 0 Å². The van der Waals surface area contributed by atoms with Gasteiger partial charge in [-0.3, -0.25) is 4.79 Å². The van der Waals surface area contributed by atoms with Gasteiger partial charge in [-0.25, -0.2) is 4.98 Å². The lowest BCUT2D eigenvalue weighted by Gasteiger charge is -2.08. The first-order valence-corrected chi connectivity index (χ1v) is 8.13. The van der Waals surface area contributed by atoms with Gasteiger partial charge in [0.25, 0.3) is 5.56 Å². The highest BCUT2D eigenvalue weighted by Gasteiger charge is 2.14. The van der Waals surface area contributed by atoms with Gasteiger partial charge in [-0.1, -0.05) is 30.3 Å². The molecule has 2 heterocycles. The molecule has 2 aromatic carbocycles. The molecular weight excluding hydrogens is 308 g/mol. The Morgan fingerprint density at radius 3 is 2.70 bits per heavy atom. The van der Waals surface area contributed by atoms with E-state index in [4.69, 9.17) is 4.74 Å². The highest BCUT2D eigenvalue weighted by molar-refractivity contribution is 7.16. The largest absolute Gasteiger partial charge is 0.497 e. The number of rotatable bonds is 3. The van der Waals surface area contributed by atoms with Gasteiger partial charge in [-0.2, -0.15) is 0 Å². The zero-order valence-electron chi connectivity index (χ0n) is 12.5. The Labute approximate surface area is 136 Å². The smallest absolute Gasteiger partial charge is 0.281 e. The molecule has 0 amide bonds. The van der Waals surface area contributed by atoms with Gasteiger partial charge in [0.05, 0.1) is 23.5 Å². The maximum atomic E-state index is 12.2. The van der Waals surface area contributed by atoms with Gasteiger partial charge < -0.3 is 9.30 Å². The highest BCUT2D eigenvalue weighted by atomic mass is 32.1. The van der Waals surface area contributed by atoms with E-state index in [-0.39, 0.29) is 5.56 Å². The first kappa shape index (κ1) is 14.0. The lowest BCUT2D eigenvalue weighted by Crippen LogP contribution is -2.04. The molecule has 0 saturated heterocycles. The summed E-state index contributed by atoms with van der Waals surface area (Å²) < 4.78 is 7.39. The second kappa shape index (κ2) is 5.52. The van der Waals surface area contributed by atoms with Crippen LogP contribution in [0.4, 0.5) is 0 Å². The molecule has 0 saturated carbocycles. The molecule has 2 aromatic heterocycles. The van der Waals surface area contributed by atoms with E-state index in [2.05, 4.69) is 9.55 Å². The van der Waals surface area contributed by atoms with Crippen LogP contribution in [0.2, 0.25) is 0 Å². The van der Waals surface area contributed by atoms with Crippen molar-refractivity contribution in [1.29, 1.82) is 0 Å². The summed E-state index contributed by atoms with van der Waals surface area (Å²) in [6.07, 6.45) is 0. The summed E-state index contributed by atoms with van der Waals surface area (Å²) in [7, 11) is 1.66. The molecule has 5 heteroatoms. The average Bonchev–Trinajstić information content (AvgIpc) is 2.91. The summed E-state index contributed by atoms with van der Waals surface area (Å²) in [6, 6.07) is 16.0. The van der Waals surface area contributed by atoms with Crippen molar-refractivity contribution in [2.75, 3.05) is 7.11 Å². The third kappa shape index (κ3) is 2.29. The van der Waals surface area contributed by atoms with E-state index in [0.717, 1.165) is 27.0 Å². The molecule has 4 aromatic rings. The first-order chi connectivity index (χ1) is 11.3. The number of nitrogens with zero attached hydrogens (tertiary/aromatic N) is 2. The van der Waals surface area contributed by atoms with Crippen LogP contribution in [0.1, 0.15) is 5.56 Å². The van der Waals surface area contributed by atoms with Crippen LogP contribution in [-0.4, -0.2) is 16.7 Å². The lowest BCUT2D eigenvalue weighted by atomic mass is 10.2. The van der Waals surface area contributed by atoms with Crippen molar-refractivity contribution < 1.29 is 4.74 Å². The standard InChI is InChI=1S/C18H14N2O2S/c1-22-13-8-6-12(7-9-13)10-20-15-5-3-2-4-14(15)16-17(21)19-11-23-18(16)20/h2-9,11H,10H2,1H3. The molecule has 0 aliphatic rings. The topological polar surface area (TPSA) is 44.1 Å². The van der Waals surface area contributed by atoms with Gasteiger partial charge in [0.2, 0.25) is 0 Å². The Bertz CT molecular complexity index is 1050. The fourth-order valence-electron chi connectivity index (χ4n) is 2.87. The van der Waals surface area contributed by atoms with E-state index in [1.807, 2.05) is 48.5 Å². The fraction of sp³-hybridized carbons (Fsp3) is 0.111. The SMILES string of the molecule is COc1ccc(Cn2c3ccccc3c3c(=O)ncsc32)cc1. The van der Waals surface area contributed by atoms with Crippen molar-refractivity contribution in [3.63, 3.8) is 0 Å². The second-order valence-corrected chi connectivity index (χ2v) is 6.12. The Morgan fingerprint density at radius 2 is 1.91 bits per heavy atom.